The highest BCUT2D eigenvalue weighted by Gasteiger charge is 2.49. The van der Waals surface area contributed by atoms with E-state index in [1.54, 1.807) is 12.1 Å². The number of halogens is 3. The van der Waals surface area contributed by atoms with E-state index in [0.29, 0.717) is 31.4 Å². The Bertz CT molecular complexity index is 664. The standard InChI is InChI=1S/C15H19F3O4S/c1-3-5-12-8-11(9-14(4-2)10-21-14)6-7-13(12)22-23(19,20)15(16,17)18/h6-8H,3-5,9-10H2,1-2H3. The molecule has 1 heterocycles. The van der Waals surface area contributed by atoms with Crippen LogP contribution in [0.3, 0.4) is 0 Å². The maximum atomic E-state index is 12.5. The molecule has 0 spiro atoms. The zero-order valence-corrected chi connectivity index (χ0v) is 13.8. The van der Waals surface area contributed by atoms with E-state index in [-0.39, 0.29) is 11.4 Å². The van der Waals surface area contributed by atoms with Gasteiger partial charge in [0.15, 0.2) is 0 Å². The van der Waals surface area contributed by atoms with Crippen molar-refractivity contribution in [1.82, 2.24) is 0 Å². The first-order valence-corrected chi connectivity index (χ1v) is 8.80. The lowest BCUT2D eigenvalue weighted by Crippen LogP contribution is -2.28. The normalized spacial score (nSPS) is 21.3. The van der Waals surface area contributed by atoms with Crippen LogP contribution in [-0.2, 0) is 27.7 Å². The van der Waals surface area contributed by atoms with E-state index >= 15 is 0 Å². The summed E-state index contributed by atoms with van der Waals surface area (Å²) in [6.45, 7) is 4.52. The molecule has 0 bridgehead atoms. The number of benzene rings is 1. The van der Waals surface area contributed by atoms with Crippen LogP contribution in [0.1, 0.15) is 37.8 Å². The van der Waals surface area contributed by atoms with Gasteiger partial charge in [0, 0.05) is 6.42 Å². The van der Waals surface area contributed by atoms with Crippen LogP contribution < -0.4 is 4.18 Å². The van der Waals surface area contributed by atoms with Crippen LogP contribution in [-0.4, -0.2) is 26.1 Å². The molecule has 1 saturated heterocycles. The lowest BCUT2D eigenvalue weighted by molar-refractivity contribution is -0.0500. The first-order valence-electron chi connectivity index (χ1n) is 7.39. The van der Waals surface area contributed by atoms with Crippen LogP contribution in [0.25, 0.3) is 0 Å². The van der Waals surface area contributed by atoms with Crippen LogP contribution in [0.5, 0.6) is 5.75 Å². The molecule has 1 aliphatic heterocycles. The molecule has 0 amide bonds. The Hall–Kier alpha value is -1.28. The molecular weight excluding hydrogens is 333 g/mol. The molecule has 23 heavy (non-hydrogen) atoms. The van der Waals surface area contributed by atoms with Gasteiger partial charge in [-0.15, -0.1) is 0 Å². The number of hydrogen-bond donors (Lipinski definition) is 0. The third kappa shape index (κ3) is 4.17. The number of ether oxygens (including phenoxy) is 1. The zero-order valence-electron chi connectivity index (χ0n) is 12.9. The van der Waals surface area contributed by atoms with Crippen molar-refractivity contribution >= 4 is 10.1 Å². The summed E-state index contributed by atoms with van der Waals surface area (Å²) in [4.78, 5) is 0. The van der Waals surface area contributed by atoms with Crippen LogP contribution in [0, 0.1) is 0 Å². The van der Waals surface area contributed by atoms with Gasteiger partial charge in [-0.1, -0.05) is 32.4 Å². The van der Waals surface area contributed by atoms with E-state index < -0.39 is 15.6 Å². The minimum absolute atomic E-state index is 0.191. The number of hydrogen-bond acceptors (Lipinski definition) is 4. The second kappa shape index (κ2) is 6.32. The lowest BCUT2D eigenvalue weighted by atomic mass is 9.95. The van der Waals surface area contributed by atoms with E-state index in [1.165, 1.54) is 6.07 Å². The molecular formula is C15H19F3O4S. The molecule has 2 rings (SSSR count). The SMILES string of the molecule is CCCc1cc(CC2(CC)CO2)ccc1OS(=O)(=O)C(F)(F)F. The quantitative estimate of drug-likeness (QED) is 0.427. The molecule has 0 N–H and O–H groups in total. The summed E-state index contributed by atoms with van der Waals surface area (Å²) in [5.74, 6) is -0.268. The first kappa shape index (κ1) is 18.1. The topological polar surface area (TPSA) is 55.9 Å². The predicted octanol–water partition coefficient (Wildman–Crippen LogP) is 3.59. The van der Waals surface area contributed by atoms with E-state index in [0.717, 1.165) is 12.0 Å². The van der Waals surface area contributed by atoms with Gasteiger partial charge in [-0.3, -0.25) is 0 Å². The summed E-state index contributed by atoms with van der Waals surface area (Å²) >= 11 is 0. The molecule has 0 saturated carbocycles. The maximum absolute atomic E-state index is 12.5. The van der Waals surface area contributed by atoms with Crippen molar-refractivity contribution in [2.24, 2.45) is 0 Å². The van der Waals surface area contributed by atoms with Crippen molar-refractivity contribution in [1.29, 1.82) is 0 Å². The minimum atomic E-state index is -5.66. The molecule has 1 aromatic carbocycles. The Kier molecular flexibility index (Phi) is 4.96. The number of alkyl halides is 3. The highest BCUT2D eigenvalue weighted by atomic mass is 32.2. The third-order valence-corrected chi connectivity index (χ3v) is 4.82. The first-order chi connectivity index (χ1) is 10.6. The minimum Gasteiger partial charge on any atom is -0.376 e. The van der Waals surface area contributed by atoms with Gasteiger partial charge < -0.3 is 8.92 Å². The van der Waals surface area contributed by atoms with Gasteiger partial charge in [-0.05, 0) is 30.0 Å². The molecule has 1 unspecified atom stereocenters. The van der Waals surface area contributed by atoms with Crippen LogP contribution in [0.4, 0.5) is 13.2 Å². The largest absolute Gasteiger partial charge is 0.534 e. The molecule has 0 aliphatic carbocycles. The van der Waals surface area contributed by atoms with Crippen molar-refractivity contribution < 1.29 is 30.5 Å². The third-order valence-electron chi connectivity index (χ3n) is 3.85. The summed E-state index contributed by atoms with van der Waals surface area (Å²) in [6, 6.07) is 4.57. The highest BCUT2D eigenvalue weighted by Crippen LogP contribution is 2.36. The summed E-state index contributed by atoms with van der Waals surface area (Å²) in [6.07, 6.45) is 2.57. The van der Waals surface area contributed by atoms with Gasteiger partial charge in [0.05, 0.1) is 12.2 Å². The molecule has 8 heteroatoms. The van der Waals surface area contributed by atoms with Gasteiger partial charge in [0.25, 0.3) is 0 Å². The van der Waals surface area contributed by atoms with Gasteiger partial charge in [0.2, 0.25) is 0 Å². The number of rotatable bonds is 7. The van der Waals surface area contributed by atoms with Crippen molar-refractivity contribution in [3.05, 3.63) is 29.3 Å². The Morgan fingerprint density at radius 1 is 1.30 bits per heavy atom. The zero-order chi connectivity index (χ0) is 17.3. The molecule has 0 aromatic heterocycles. The Morgan fingerprint density at radius 3 is 2.43 bits per heavy atom. The Balaban J connectivity index is 2.26. The van der Waals surface area contributed by atoms with Crippen molar-refractivity contribution in [2.75, 3.05) is 6.61 Å². The second-order valence-electron chi connectivity index (χ2n) is 5.68. The van der Waals surface area contributed by atoms with Crippen LogP contribution in [0.15, 0.2) is 18.2 Å². The molecule has 1 atom stereocenters. The van der Waals surface area contributed by atoms with Crippen LogP contribution >= 0.6 is 0 Å². The molecule has 130 valence electrons. The summed E-state index contributed by atoms with van der Waals surface area (Å²) < 4.78 is 69.5. The highest BCUT2D eigenvalue weighted by molar-refractivity contribution is 7.88. The number of aryl methyl sites for hydroxylation is 1. The number of epoxide rings is 1. The van der Waals surface area contributed by atoms with Crippen molar-refractivity contribution in [3.63, 3.8) is 0 Å². The fourth-order valence-corrected chi connectivity index (χ4v) is 2.85. The van der Waals surface area contributed by atoms with E-state index in [2.05, 4.69) is 4.18 Å². The van der Waals surface area contributed by atoms with E-state index in [4.69, 9.17) is 4.74 Å². The van der Waals surface area contributed by atoms with Gasteiger partial charge in [-0.2, -0.15) is 21.6 Å². The molecule has 1 aromatic rings. The Morgan fingerprint density at radius 2 is 1.96 bits per heavy atom. The average molecular weight is 352 g/mol. The van der Waals surface area contributed by atoms with E-state index in [1.807, 2.05) is 13.8 Å². The van der Waals surface area contributed by atoms with Gasteiger partial charge >= 0.3 is 15.6 Å². The molecule has 1 aliphatic rings. The van der Waals surface area contributed by atoms with Gasteiger partial charge in [0.1, 0.15) is 5.75 Å². The monoisotopic (exact) mass is 352 g/mol. The predicted molar refractivity (Wildman–Crippen MR) is 78.7 cm³/mol. The van der Waals surface area contributed by atoms with Crippen LogP contribution in [0.2, 0.25) is 0 Å². The fraction of sp³-hybridized carbons (Fsp3) is 0.600. The van der Waals surface area contributed by atoms with Gasteiger partial charge in [-0.25, -0.2) is 0 Å². The second-order valence-corrected chi connectivity index (χ2v) is 7.22. The summed E-state index contributed by atoms with van der Waals surface area (Å²) in [5, 5.41) is 0. The Labute approximate surface area is 133 Å². The lowest BCUT2D eigenvalue weighted by Gasteiger charge is -2.15. The smallest absolute Gasteiger partial charge is 0.376 e. The summed E-state index contributed by atoms with van der Waals surface area (Å²) in [7, 11) is -5.66. The maximum Gasteiger partial charge on any atom is 0.534 e. The molecule has 1 fully saturated rings. The van der Waals surface area contributed by atoms with E-state index in [9.17, 15) is 21.6 Å². The van der Waals surface area contributed by atoms with Crippen molar-refractivity contribution in [2.45, 2.75) is 50.6 Å². The van der Waals surface area contributed by atoms with Crippen molar-refractivity contribution in [3.8, 4) is 5.75 Å². The average Bonchev–Trinajstić information content (AvgIpc) is 3.21. The molecule has 0 radical (unpaired) electrons. The fourth-order valence-electron chi connectivity index (χ4n) is 2.36. The summed E-state index contributed by atoms with van der Waals surface area (Å²) in [5.41, 5.74) is -4.29. The molecule has 4 nitrogen and oxygen atoms in total.